The summed E-state index contributed by atoms with van der Waals surface area (Å²) in [4.78, 5) is 32.0. The minimum Gasteiger partial charge on any atom is -0.491 e. The normalized spacial score (nSPS) is 10.8. The second kappa shape index (κ2) is 18.3. The number of hydrogen-bond acceptors (Lipinski definition) is 7. The molecule has 0 N–H and O–H groups in total. The molecular weight excluding hydrogens is 412 g/mol. The first-order valence-electron chi connectivity index (χ1n) is 12.0. The molecular formula is C25H40O7. The molecule has 0 saturated carbocycles. The minimum absolute atomic E-state index is 0.0328. The first-order valence-corrected chi connectivity index (χ1v) is 12.0. The van der Waals surface area contributed by atoms with Gasteiger partial charge in [0.15, 0.2) is 0 Å². The van der Waals surface area contributed by atoms with E-state index in [4.69, 9.17) is 9.47 Å². The predicted molar refractivity (Wildman–Crippen MR) is 122 cm³/mol. The summed E-state index contributed by atoms with van der Waals surface area (Å²) in [6, 6.07) is 6.32. The summed E-state index contributed by atoms with van der Waals surface area (Å²) in [5, 5.41) is 4.22. The van der Waals surface area contributed by atoms with Gasteiger partial charge in [-0.05, 0) is 44.5 Å². The van der Waals surface area contributed by atoms with Gasteiger partial charge < -0.3 is 9.47 Å². The fourth-order valence-corrected chi connectivity index (χ4v) is 3.19. The standard InChI is InChI=1S/C25H40O7/c1-4-5-6-7-8-9-10-11-12-13-14-15-20-28-25(27)31-32-30-24(26)22-16-18-23(19-17-22)29-21(2)3/h16-19,21H,4-15,20H2,1-3H3. The Hall–Kier alpha value is -2.28. The molecule has 0 unspecified atom stereocenters. The van der Waals surface area contributed by atoms with Gasteiger partial charge in [-0.25, -0.2) is 14.5 Å². The Labute approximate surface area is 192 Å². The largest absolute Gasteiger partial charge is 0.543 e. The van der Waals surface area contributed by atoms with Gasteiger partial charge in [0.25, 0.3) is 0 Å². The van der Waals surface area contributed by atoms with Gasteiger partial charge in [0, 0.05) is 0 Å². The van der Waals surface area contributed by atoms with Crippen LogP contribution < -0.4 is 4.74 Å². The van der Waals surface area contributed by atoms with Crippen molar-refractivity contribution in [3.63, 3.8) is 0 Å². The average Bonchev–Trinajstić information content (AvgIpc) is 2.77. The van der Waals surface area contributed by atoms with Crippen molar-refractivity contribution in [2.45, 2.75) is 104 Å². The Morgan fingerprint density at radius 3 is 1.81 bits per heavy atom. The highest BCUT2D eigenvalue weighted by Gasteiger charge is 2.12. The predicted octanol–water partition coefficient (Wildman–Crippen LogP) is 7.33. The summed E-state index contributed by atoms with van der Waals surface area (Å²) in [5.74, 6) is -0.162. The highest BCUT2D eigenvalue weighted by Crippen LogP contribution is 2.15. The zero-order chi connectivity index (χ0) is 23.4. The number of rotatable bonds is 18. The fraction of sp³-hybridized carbons (Fsp3) is 0.680. The van der Waals surface area contributed by atoms with Crippen LogP contribution in [0.2, 0.25) is 0 Å². The highest BCUT2D eigenvalue weighted by atomic mass is 17.5. The van der Waals surface area contributed by atoms with Crippen LogP contribution in [0.3, 0.4) is 0 Å². The van der Waals surface area contributed by atoms with Crippen LogP contribution in [0.25, 0.3) is 0 Å². The zero-order valence-electron chi connectivity index (χ0n) is 19.9. The maximum absolute atomic E-state index is 11.8. The van der Waals surface area contributed by atoms with Crippen molar-refractivity contribution in [3.8, 4) is 5.75 Å². The van der Waals surface area contributed by atoms with Crippen molar-refractivity contribution >= 4 is 12.1 Å². The Kier molecular flexibility index (Phi) is 15.9. The van der Waals surface area contributed by atoms with E-state index in [1.807, 2.05) is 13.8 Å². The van der Waals surface area contributed by atoms with E-state index in [-0.39, 0.29) is 18.3 Å². The molecule has 1 rings (SSSR count). The van der Waals surface area contributed by atoms with E-state index in [9.17, 15) is 9.59 Å². The summed E-state index contributed by atoms with van der Waals surface area (Å²) in [5.41, 5.74) is 0.231. The van der Waals surface area contributed by atoms with E-state index in [1.165, 1.54) is 69.9 Å². The maximum Gasteiger partial charge on any atom is 0.543 e. The molecule has 0 heterocycles. The van der Waals surface area contributed by atoms with Gasteiger partial charge in [-0.1, -0.05) is 77.6 Å². The molecule has 0 atom stereocenters. The molecule has 0 spiro atoms. The zero-order valence-corrected chi connectivity index (χ0v) is 19.9. The molecule has 32 heavy (non-hydrogen) atoms. The topological polar surface area (TPSA) is 80.3 Å². The average molecular weight is 453 g/mol. The number of unbranched alkanes of at least 4 members (excludes halogenated alkanes) is 11. The Balaban J connectivity index is 1.95. The van der Waals surface area contributed by atoms with Gasteiger partial charge >= 0.3 is 12.1 Å². The maximum atomic E-state index is 11.8. The van der Waals surface area contributed by atoms with Crippen molar-refractivity contribution < 1.29 is 33.9 Å². The van der Waals surface area contributed by atoms with E-state index < -0.39 is 12.1 Å². The molecule has 0 radical (unpaired) electrons. The summed E-state index contributed by atoms with van der Waals surface area (Å²) in [7, 11) is 0. The number of benzene rings is 1. The lowest BCUT2D eigenvalue weighted by atomic mass is 10.1. The van der Waals surface area contributed by atoms with Gasteiger partial charge in [0.2, 0.25) is 0 Å². The summed E-state index contributed by atoms with van der Waals surface area (Å²) in [6.45, 7) is 6.30. The van der Waals surface area contributed by atoms with Crippen LogP contribution in [0.5, 0.6) is 5.75 Å². The third kappa shape index (κ3) is 14.7. The van der Waals surface area contributed by atoms with Gasteiger partial charge in [-0.2, -0.15) is 0 Å². The van der Waals surface area contributed by atoms with Crippen molar-refractivity contribution in [1.29, 1.82) is 0 Å². The smallest absolute Gasteiger partial charge is 0.491 e. The Morgan fingerprint density at radius 1 is 0.750 bits per heavy atom. The molecule has 1 aromatic carbocycles. The Morgan fingerprint density at radius 2 is 1.28 bits per heavy atom. The Bertz CT molecular complexity index is 613. The van der Waals surface area contributed by atoms with Crippen LogP contribution in [0, 0.1) is 0 Å². The number of carbonyl (C=O) groups is 2. The lowest BCUT2D eigenvalue weighted by Crippen LogP contribution is -2.12. The van der Waals surface area contributed by atoms with E-state index in [1.54, 1.807) is 12.1 Å². The van der Waals surface area contributed by atoms with E-state index in [0.717, 1.165) is 19.3 Å². The van der Waals surface area contributed by atoms with Crippen LogP contribution in [0.4, 0.5) is 4.79 Å². The van der Waals surface area contributed by atoms with Crippen molar-refractivity contribution in [3.05, 3.63) is 29.8 Å². The second-order valence-corrected chi connectivity index (χ2v) is 8.20. The van der Waals surface area contributed by atoms with Gasteiger partial charge in [0.05, 0.1) is 23.3 Å². The van der Waals surface area contributed by atoms with Crippen molar-refractivity contribution in [2.24, 2.45) is 0 Å². The van der Waals surface area contributed by atoms with Gasteiger partial charge in [-0.15, -0.1) is 0 Å². The molecule has 7 heteroatoms. The van der Waals surface area contributed by atoms with Crippen LogP contribution in [0.1, 0.15) is 108 Å². The number of ether oxygens (including phenoxy) is 2. The summed E-state index contributed by atoms with van der Waals surface area (Å²) in [6.07, 6.45) is 13.7. The molecule has 0 aliphatic rings. The number of carbonyl (C=O) groups excluding carboxylic acids is 2. The molecule has 182 valence electrons. The molecule has 0 aliphatic carbocycles. The first kappa shape index (κ1) is 27.8. The van der Waals surface area contributed by atoms with Crippen LogP contribution in [-0.4, -0.2) is 24.8 Å². The van der Waals surface area contributed by atoms with Crippen molar-refractivity contribution in [2.75, 3.05) is 6.61 Å². The summed E-state index contributed by atoms with van der Waals surface area (Å²) < 4.78 is 10.4. The quantitative estimate of drug-likeness (QED) is 0.0998. The molecule has 0 aliphatic heterocycles. The van der Waals surface area contributed by atoms with Crippen LogP contribution in [-0.2, 0) is 19.6 Å². The SMILES string of the molecule is CCCCCCCCCCCCCCOC(=O)OOOC(=O)c1ccc(OC(C)C)cc1. The molecule has 0 bridgehead atoms. The van der Waals surface area contributed by atoms with E-state index in [2.05, 4.69) is 21.7 Å². The molecule has 0 aromatic heterocycles. The number of hydrogen-bond donors (Lipinski definition) is 0. The van der Waals surface area contributed by atoms with Crippen LogP contribution >= 0.6 is 0 Å². The molecule has 7 nitrogen and oxygen atoms in total. The van der Waals surface area contributed by atoms with Crippen molar-refractivity contribution in [1.82, 2.24) is 0 Å². The molecule has 0 fully saturated rings. The third-order valence-corrected chi connectivity index (χ3v) is 4.89. The third-order valence-electron chi connectivity index (χ3n) is 4.89. The van der Waals surface area contributed by atoms with Crippen LogP contribution in [0.15, 0.2) is 24.3 Å². The lowest BCUT2D eigenvalue weighted by molar-refractivity contribution is -0.452. The lowest BCUT2D eigenvalue weighted by Gasteiger charge is -2.09. The monoisotopic (exact) mass is 452 g/mol. The minimum atomic E-state index is -1.04. The highest BCUT2D eigenvalue weighted by molar-refractivity contribution is 5.89. The summed E-state index contributed by atoms with van der Waals surface area (Å²) >= 11 is 0. The van der Waals surface area contributed by atoms with E-state index in [0.29, 0.717) is 5.75 Å². The second-order valence-electron chi connectivity index (χ2n) is 8.20. The molecule has 0 amide bonds. The first-order chi connectivity index (χ1) is 15.5. The molecule has 0 saturated heterocycles. The molecule has 1 aromatic rings. The fourth-order valence-electron chi connectivity index (χ4n) is 3.19. The van der Waals surface area contributed by atoms with Gasteiger partial charge in [-0.3, -0.25) is 4.89 Å². The van der Waals surface area contributed by atoms with E-state index >= 15 is 0 Å². The van der Waals surface area contributed by atoms with Gasteiger partial charge in [0.1, 0.15) is 5.75 Å².